The first kappa shape index (κ1) is 11.2. The van der Waals surface area contributed by atoms with Crippen LogP contribution in [0.15, 0.2) is 6.20 Å². The van der Waals surface area contributed by atoms with Gasteiger partial charge in [0.05, 0.1) is 5.69 Å². The molecule has 0 saturated carbocycles. The number of hydrogen-bond donors (Lipinski definition) is 1. The van der Waals surface area contributed by atoms with E-state index in [1.54, 1.807) is 25.1 Å². The van der Waals surface area contributed by atoms with Gasteiger partial charge in [-0.1, -0.05) is 0 Å². The molecule has 0 aromatic carbocycles. The van der Waals surface area contributed by atoms with Crippen molar-refractivity contribution in [1.82, 2.24) is 9.78 Å². The molecule has 2 N–H and O–H groups in total. The van der Waals surface area contributed by atoms with Crippen molar-refractivity contribution >= 4 is 11.5 Å². The van der Waals surface area contributed by atoms with Gasteiger partial charge in [-0.05, 0) is 0 Å². The van der Waals surface area contributed by atoms with Crippen molar-refractivity contribution in [2.45, 2.75) is 12.2 Å². The number of aromatic nitrogens is 2. The Morgan fingerprint density at radius 2 is 1.88 bits per heavy atom. The summed E-state index contributed by atoms with van der Waals surface area (Å²) >= 11 is 0. The predicted octanol–water partition coefficient (Wildman–Crippen LogP) is -0.148. The third kappa shape index (κ3) is 1.85. The lowest BCUT2D eigenvalue weighted by Gasteiger charge is -2.15. The smallest absolute Gasteiger partial charge is 0.174 e. The minimum atomic E-state index is 0.0754. The van der Waals surface area contributed by atoms with E-state index >= 15 is 0 Å². The van der Waals surface area contributed by atoms with E-state index in [1.165, 1.54) is 0 Å². The number of methoxy groups -OCH3 is 2. The third-order valence-electron chi connectivity index (χ3n) is 2.96. The molecule has 2 heterocycles. The van der Waals surface area contributed by atoms with E-state index in [-0.39, 0.29) is 12.2 Å². The van der Waals surface area contributed by atoms with Gasteiger partial charge in [0.15, 0.2) is 5.82 Å². The van der Waals surface area contributed by atoms with E-state index in [0.29, 0.717) is 5.69 Å². The Bertz CT molecular complexity index is 354. The number of aryl methyl sites for hydroxylation is 1. The summed E-state index contributed by atoms with van der Waals surface area (Å²) in [6, 6.07) is 0. The summed E-state index contributed by atoms with van der Waals surface area (Å²) in [5.41, 5.74) is 6.58. The van der Waals surface area contributed by atoms with Crippen LogP contribution in [-0.4, -0.2) is 49.3 Å². The van der Waals surface area contributed by atoms with Crippen LogP contribution in [0.25, 0.3) is 0 Å². The van der Waals surface area contributed by atoms with Crippen molar-refractivity contribution in [3.8, 4) is 0 Å². The summed E-state index contributed by atoms with van der Waals surface area (Å²) in [5, 5.41) is 4.34. The number of anilines is 2. The van der Waals surface area contributed by atoms with Crippen LogP contribution in [0, 0.1) is 0 Å². The van der Waals surface area contributed by atoms with Crippen LogP contribution in [0.5, 0.6) is 0 Å². The zero-order chi connectivity index (χ0) is 11.7. The molecule has 0 bridgehead atoms. The van der Waals surface area contributed by atoms with E-state index in [1.807, 2.05) is 7.05 Å². The highest BCUT2D eigenvalue weighted by molar-refractivity contribution is 5.62. The summed E-state index contributed by atoms with van der Waals surface area (Å²) in [7, 11) is 5.25. The Balaban J connectivity index is 2.15. The first-order chi connectivity index (χ1) is 7.65. The minimum absolute atomic E-state index is 0.0754. The molecule has 2 unspecified atom stereocenters. The normalized spacial score (nSPS) is 25.3. The first-order valence-corrected chi connectivity index (χ1v) is 5.25. The minimum Gasteiger partial charge on any atom is -0.394 e. The molecule has 1 aliphatic rings. The quantitative estimate of drug-likeness (QED) is 0.776. The summed E-state index contributed by atoms with van der Waals surface area (Å²) in [5.74, 6) is 0.809. The fourth-order valence-corrected chi connectivity index (χ4v) is 2.11. The van der Waals surface area contributed by atoms with Gasteiger partial charge in [0, 0.05) is 40.6 Å². The molecule has 0 radical (unpaired) electrons. The number of ether oxygens (including phenoxy) is 2. The topological polar surface area (TPSA) is 65.5 Å². The maximum Gasteiger partial charge on any atom is 0.174 e. The average molecular weight is 226 g/mol. The van der Waals surface area contributed by atoms with Crippen LogP contribution in [-0.2, 0) is 16.5 Å². The number of rotatable bonds is 3. The lowest BCUT2D eigenvalue weighted by molar-refractivity contribution is -0.00461. The van der Waals surface area contributed by atoms with Gasteiger partial charge in [-0.2, -0.15) is 5.10 Å². The second-order valence-corrected chi connectivity index (χ2v) is 4.04. The van der Waals surface area contributed by atoms with Crippen LogP contribution < -0.4 is 10.6 Å². The van der Waals surface area contributed by atoms with Crippen molar-refractivity contribution in [1.29, 1.82) is 0 Å². The van der Waals surface area contributed by atoms with Crippen LogP contribution >= 0.6 is 0 Å². The van der Waals surface area contributed by atoms with Gasteiger partial charge in [0.25, 0.3) is 0 Å². The van der Waals surface area contributed by atoms with Crippen molar-refractivity contribution < 1.29 is 9.47 Å². The molecule has 2 atom stereocenters. The highest BCUT2D eigenvalue weighted by Crippen LogP contribution is 2.26. The molecule has 1 aromatic heterocycles. The molecule has 1 aliphatic heterocycles. The standard InChI is InChI=1S/C10H18N4O2/c1-13-4-7(11)10(12-13)14-5-8(15-2)9(6-14)16-3/h4,8-9H,5-6,11H2,1-3H3. The van der Waals surface area contributed by atoms with Crippen LogP contribution in [0.4, 0.5) is 11.5 Å². The van der Waals surface area contributed by atoms with Crippen LogP contribution in [0.2, 0.25) is 0 Å². The van der Waals surface area contributed by atoms with E-state index in [4.69, 9.17) is 15.2 Å². The maximum atomic E-state index is 5.89. The van der Waals surface area contributed by atoms with E-state index in [9.17, 15) is 0 Å². The molecule has 1 aromatic rings. The largest absolute Gasteiger partial charge is 0.394 e. The second kappa shape index (κ2) is 4.31. The summed E-state index contributed by atoms with van der Waals surface area (Å²) < 4.78 is 12.5. The third-order valence-corrected chi connectivity index (χ3v) is 2.96. The number of hydrogen-bond acceptors (Lipinski definition) is 5. The van der Waals surface area contributed by atoms with E-state index in [2.05, 4.69) is 10.00 Å². The lowest BCUT2D eigenvalue weighted by atomic mass is 10.3. The van der Waals surface area contributed by atoms with E-state index < -0.39 is 0 Å². The van der Waals surface area contributed by atoms with Gasteiger partial charge in [-0.3, -0.25) is 4.68 Å². The van der Waals surface area contributed by atoms with Crippen molar-refractivity contribution in [2.75, 3.05) is 37.9 Å². The molecule has 0 aliphatic carbocycles. The Kier molecular flexibility index (Phi) is 3.02. The van der Waals surface area contributed by atoms with Crippen molar-refractivity contribution in [2.24, 2.45) is 7.05 Å². The summed E-state index contributed by atoms with van der Waals surface area (Å²) in [6.45, 7) is 1.52. The number of nitrogens with two attached hydrogens (primary N) is 1. The predicted molar refractivity (Wildman–Crippen MR) is 61.4 cm³/mol. The van der Waals surface area contributed by atoms with Crippen LogP contribution in [0.1, 0.15) is 0 Å². The number of nitrogens with zero attached hydrogens (tertiary/aromatic N) is 3. The van der Waals surface area contributed by atoms with Gasteiger partial charge in [0.2, 0.25) is 0 Å². The van der Waals surface area contributed by atoms with Crippen LogP contribution in [0.3, 0.4) is 0 Å². The second-order valence-electron chi connectivity index (χ2n) is 4.04. The monoisotopic (exact) mass is 226 g/mol. The van der Waals surface area contributed by atoms with Crippen molar-refractivity contribution in [3.63, 3.8) is 0 Å². The zero-order valence-electron chi connectivity index (χ0n) is 9.88. The molecule has 0 amide bonds. The summed E-state index contributed by atoms with van der Waals surface area (Å²) in [4.78, 5) is 2.09. The molecule has 2 rings (SSSR count). The molecule has 0 spiro atoms. The molecule has 90 valence electrons. The van der Waals surface area contributed by atoms with Gasteiger partial charge >= 0.3 is 0 Å². The Labute approximate surface area is 94.9 Å². The van der Waals surface area contributed by atoms with Gasteiger partial charge < -0.3 is 20.1 Å². The summed E-state index contributed by atoms with van der Waals surface area (Å²) in [6.07, 6.45) is 1.95. The SMILES string of the molecule is COC1CN(c2nn(C)cc2N)CC1OC. The maximum absolute atomic E-state index is 5.89. The molecule has 6 heteroatoms. The lowest BCUT2D eigenvalue weighted by Crippen LogP contribution is -2.27. The fraction of sp³-hybridized carbons (Fsp3) is 0.700. The molecule has 6 nitrogen and oxygen atoms in total. The number of nitrogen functional groups attached to an aromatic ring is 1. The molecule has 16 heavy (non-hydrogen) atoms. The molecule has 1 fully saturated rings. The molecular weight excluding hydrogens is 208 g/mol. The first-order valence-electron chi connectivity index (χ1n) is 5.25. The zero-order valence-corrected chi connectivity index (χ0v) is 9.88. The average Bonchev–Trinajstić information content (AvgIpc) is 2.81. The fourth-order valence-electron chi connectivity index (χ4n) is 2.11. The van der Waals surface area contributed by atoms with Gasteiger partial charge in [0.1, 0.15) is 12.2 Å². The Morgan fingerprint density at radius 3 is 2.25 bits per heavy atom. The van der Waals surface area contributed by atoms with Gasteiger partial charge in [-0.25, -0.2) is 0 Å². The van der Waals surface area contributed by atoms with Gasteiger partial charge in [-0.15, -0.1) is 0 Å². The Morgan fingerprint density at radius 1 is 1.31 bits per heavy atom. The Hall–Kier alpha value is -1.27. The molecular formula is C10H18N4O2. The van der Waals surface area contributed by atoms with Crippen molar-refractivity contribution in [3.05, 3.63) is 6.20 Å². The highest BCUT2D eigenvalue weighted by Gasteiger charge is 2.34. The molecule has 1 saturated heterocycles. The highest BCUT2D eigenvalue weighted by atomic mass is 16.5. The van der Waals surface area contributed by atoms with E-state index in [0.717, 1.165) is 18.9 Å².